The van der Waals surface area contributed by atoms with E-state index in [-0.39, 0.29) is 42.8 Å². The lowest BCUT2D eigenvalue weighted by atomic mass is 10.1. The van der Waals surface area contributed by atoms with Gasteiger partial charge in [0.25, 0.3) is 5.91 Å². The second-order valence-electron chi connectivity index (χ2n) is 7.90. The molecule has 186 valence electrons. The molecule has 2 aromatic rings. The molecule has 1 aliphatic heterocycles. The van der Waals surface area contributed by atoms with Crippen LogP contribution in [0, 0.1) is 0 Å². The first-order chi connectivity index (χ1) is 16.7. The van der Waals surface area contributed by atoms with Gasteiger partial charge in [0.2, 0.25) is 0 Å². The van der Waals surface area contributed by atoms with Gasteiger partial charge in [0.05, 0.1) is 10.6 Å². The number of ether oxygens (including phenoxy) is 2. The van der Waals surface area contributed by atoms with Gasteiger partial charge in [0.15, 0.2) is 0 Å². The first kappa shape index (κ1) is 25.8. The molecule has 0 radical (unpaired) electrons. The molecule has 0 aromatic heterocycles. The number of halogens is 1. The van der Waals surface area contributed by atoms with Crippen LogP contribution in [-0.2, 0) is 20.9 Å². The summed E-state index contributed by atoms with van der Waals surface area (Å²) in [5, 5.41) is 11.4. The highest BCUT2D eigenvalue weighted by Gasteiger charge is 2.32. The first-order valence-electron chi connectivity index (χ1n) is 10.9. The molecule has 0 unspecified atom stereocenters. The third kappa shape index (κ3) is 6.63. The SMILES string of the molecule is CC(=O)OCCOc1ccc(C(=O)N2C[C@@H](C)N(C(=O)NCC(=O)O)Cc3ccccc32)c(Cl)c1. The molecule has 3 rings (SSSR count). The van der Waals surface area contributed by atoms with Crippen molar-refractivity contribution in [2.75, 3.05) is 31.2 Å². The fraction of sp³-hybridized carbons (Fsp3) is 0.333. The number of carboxylic acids is 1. The quantitative estimate of drug-likeness (QED) is 0.439. The number of hydrogen-bond acceptors (Lipinski definition) is 6. The Morgan fingerprint density at radius 3 is 2.57 bits per heavy atom. The normalized spacial score (nSPS) is 15.0. The summed E-state index contributed by atoms with van der Waals surface area (Å²) in [6.45, 7) is 3.20. The number of para-hydroxylation sites is 1. The molecule has 0 saturated carbocycles. The number of fused-ring (bicyclic) bond motifs is 1. The van der Waals surface area contributed by atoms with Crippen LogP contribution in [0.15, 0.2) is 42.5 Å². The summed E-state index contributed by atoms with van der Waals surface area (Å²) in [6, 6.07) is 10.9. The third-order valence-electron chi connectivity index (χ3n) is 5.33. The summed E-state index contributed by atoms with van der Waals surface area (Å²) in [5.74, 6) is -1.48. The molecule has 2 N–H and O–H groups in total. The van der Waals surface area contributed by atoms with Crippen molar-refractivity contribution in [3.63, 3.8) is 0 Å². The first-order valence-corrected chi connectivity index (χ1v) is 11.3. The Morgan fingerprint density at radius 1 is 1.14 bits per heavy atom. The Balaban J connectivity index is 1.81. The van der Waals surface area contributed by atoms with Crippen LogP contribution < -0.4 is 15.0 Å². The van der Waals surface area contributed by atoms with Gasteiger partial charge < -0.3 is 29.7 Å². The minimum absolute atomic E-state index is 0.0899. The van der Waals surface area contributed by atoms with Crippen LogP contribution >= 0.6 is 11.6 Å². The Kier molecular flexibility index (Phi) is 8.53. The Morgan fingerprint density at radius 2 is 1.89 bits per heavy atom. The maximum atomic E-state index is 13.6. The monoisotopic (exact) mass is 503 g/mol. The number of amides is 3. The molecule has 1 aliphatic rings. The average molecular weight is 504 g/mol. The number of aliphatic carboxylic acids is 1. The van der Waals surface area contributed by atoms with Gasteiger partial charge in [-0.1, -0.05) is 29.8 Å². The molecule has 10 nitrogen and oxygen atoms in total. The van der Waals surface area contributed by atoms with E-state index in [1.165, 1.54) is 17.9 Å². The van der Waals surface area contributed by atoms with Crippen LogP contribution in [0.1, 0.15) is 29.8 Å². The van der Waals surface area contributed by atoms with Gasteiger partial charge in [-0.15, -0.1) is 0 Å². The van der Waals surface area contributed by atoms with Gasteiger partial charge in [-0.05, 0) is 36.8 Å². The highest BCUT2D eigenvalue weighted by Crippen LogP contribution is 2.31. The van der Waals surface area contributed by atoms with Gasteiger partial charge in [0, 0.05) is 31.7 Å². The van der Waals surface area contributed by atoms with Crippen molar-refractivity contribution < 1.29 is 33.8 Å². The van der Waals surface area contributed by atoms with E-state index in [1.54, 1.807) is 42.2 Å². The zero-order valence-electron chi connectivity index (χ0n) is 19.3. The number of nitrogens with one attached hydrogen (secondary N) is 1. The molecule has 1 atom stereocenters. The zero-order valence-corrected chi connectivity index (χ0v) is 20.1. The van der Waals surface area contributed by atoms with Crippen molar-refractivity contribution in [2.24, 2.45) is 0 Å². The smallest absolute Gasteiger partial charge is 0.323 e. The number of urea groups is 1. The van der Waals surface area contributed by atoms with Crippen LogP contribution in [0.5, 0.6) is 5.75 Å². The number of carbonyl (C=O) groups excluding carboxylic acids is 3. The highest BCUT2D eigenvalue weighted by atomic mass is 35.5. The molecule has 35 heavy (non-hydrogen) atoms. The lowest BCUT2D eigenvalue weighted by Crippen LogP contribution is -2.49. The van der Waals surface area contributed by atoms with E-state index in [2.05, 4.69) is 5.32 Å². The van der Waals surface area contributed by atoms with Crippen molar-refractivity contribution in [3.8, 4) is 5.75 Å². The number of anilines is 1. The molecule has 0 saturated heterocycles. The predicted octanol–water partition coefficient (Wildman–Crippen LogP) is 2.93. The molecule has 2 aromatic carbocycles. The summed E-state index contributed by atoms with van der Waals surface area (Å²) in [7, 11) is 0. The molecule has 0 fully saturated rings. The Bertz CT molecular complexity index is 1120. The molecule has 0 aliphatic carbocycles. The molecule has 1 heterocycles. The van der Waals surface area contributed by atoms with E-state index < -0.39 is 30.6 Å². The fourth-order valence-electron chi connectivity index (χ4n) is 3.67. The summed E-state index contributed by atoms with van der Waals surface area (Å²) >= 11 is 6.42. The molecule has 0 bridgehead atoms. The number of benzene rings is 2. The second kappa shape index (κ2) is 11.6. The average Bonchev–Trinajstić information content (AvgIpc) is 2.96. The molecule has 0 spiro atoms. The van der Waals surface area contributed by atoms with Crippen molar-refractivity contribution in [2.45, 2.75) is 26.4 Å². The van der Waals surface area contributed by atoms with Gasteiger partial charge in [-0.2, -0.15) is 0 Å². The van der Waals surface area contributed by atoms with Crippen molar-refractivity contribution in [3.05, 3.63) is 58.6 Å². The largest absolute Gasteiger partial charge is 0.490 e. The number of nitrogens with zero attached hydrogens (tertiary/aromatic N) is 2. The Labute approximate surface area is 207 Å². The summed E-state index contributed by atoms with van der Waals surface area (Å²) in [6.07, 6.45) is 0. The molecule has 11 heteroatoms. The number of esters is 1. The van der Waals surface area contributed by atoms with Crippen LogP contribution in [0.3, 0.4) is 0 Å². The van der Waals surface area contributed by atoms with E-state index >= 15 is 0 Å². The van der Waals surface area contributed by atoms with Gasteiger partial charge >= 0.3 is 18.0 Å². The number of hydrogen-bond donors (Lipinski definition) is 2. The maximum Gasteiger partial charge on any atom is 0.323 e. The van der Waals surface area contributed by atoms with E-state index in [0.29, 0.717) is 11.4 Å². The highest BCUT2D eigenvalue weighted by molar-refractivity contribution is 6.34. The van der Waals surface area contributed by atoms with Crippen molar-refractivity contribution in [1.29, 1.82) is 0 Å². The van der Waals surface area contributed by atoms with Crippen molar-refractivity contribution >= 4 is 41.2 Å². The summed E-state index contributed by atoms with van der Waals surface area (Å²) < 4.78 is 10.3. The standard InChI is InChI=1S/C24H26ClN3O7/c1-15-13-28(21-6-4-3-5-17(21)14-27(15)24(33)26-12-22(30)31)23(32)19-8-7-18(11-20(19)25)35-10-9-34-16(2)29/h3-8,11,15H,9-10,12-14H2,1-2H3,(H,26,33)(H,30,31)/t15-/m1/s1. The predicted molar refractivity (Wildman–Crippen MR) is 128 cm³/mol. The fourth-order valence-corrected chi connectivity index (χ4v) is 3.93. The van der Waals surface area contributed by atoms with E-state index in [1.807, 2.05) is 6.07 Å². The molecular weight excluding hydrogens is 478 g/mol. The second-order valence-corrected chi connectivity index (χ2v) is 8.31. The van der Waals surface area contributed by atoms with Crippen LogP contribution in [0.2, 0.25) is 5.02 Å². The van der Waals surface area contributed by atoms with Gasteiger partial charge in [0.1, 0.15) is 25.5 Å². The van der Waals surface area contributed by atoms with E-state index in [4.69, 9.17) is 26.2 Å². The van der Waals surface area contributed by atoms with Crippen molar-refractivity contribution in [1.82, 2.24) is 10.2 Å². The summed E-state index contributed by atoms with van der Waals surface area (Å²) in [4.78, 5) is 51.0. The van der Waals surface area contributed by atoms with E-state index in [0.717, 1.165) is 5.56 Å². The maximum absolute atomic E-state index is 13.6. The number of carbonyl (C=O) groups is 4. The number of rotatable bonds is 7. The lowest BCUT2D eigenvalue weighted by Gasteiger charge is -2.29. The minimum Gasteiger partial charge on any atom is -0.490 e. The van der Waals surface area contributed by atoms with Crippen LogP contribution in [0.4, 0.5) is 10.5 Å². The van der Waals surface area contributed by atoms with Gasteiger partial charge in [-0.25, -0.2) is 4.79 Å². The zero-order chi connectivity index (χ0) is 25.5. The molecule has 3 amide bonds. The minimum atomic E-state index is -1.15. The molecular formula is C24H26ClN3O7. The van der Waals surface area contributed by atoms with Crippen LogP contribution in [-0.4, -0.2) is 66.2 Å². The Hall–Kier alpha value is -3.79. The summed E-state index contributed by atoms with van der Waals surface area (Å²) in [5.41, 5.74) is 1.62. The third-order valence-corrected chi connectivity index (χ3v) is 5.64. The van der Waals surface area contributed by atoms with E-state index in [9.17, 15) is 19.2 Å². The van der Waals surface area contributed by atoms with Gasteiger partial charge in [-0.3, -0.25) is 14.4 Å². The topological polar surface area (TPSA) is 125 Å². The van der Waals surface area contributed by atoms with Crippen LogP contribution in [0.25, 0.3) is 0 Å². The number of carboxylic acid groups (broad SMARTS) is 1. The lowest BCUT2D eigenvalue weighted by molar-refractivity contribution is -0.141.